The number of allylic oxidation sites excluding steroid dienone is 14. The van der Waals surface area contributed by atoms with Gasteiger partial charge < -0.3 is 64.2 Å². The van der Waals surface area contributed by atoms with Crippen LogP contribution in [0.4, 0.5) is 0 Å². The lowest BCUT2D eigenvalue weighted by Gasteiger charge is -2.42. The van der Waals surface area contributed by atoms with Crippen molar-refractivity contribution in [2.24, 2.45) is 0 Å². The number of hydrogen-bond acceptors (Lipinski definition) is 14. The Kier molecular flexibility index (Phi) is 35.1. The maximum Gasteiger partial charge on any atom is 0.306 e. The maximum atomic E-state index is 12.9. The van der Waals surface area contributed by atoms with Crippen molar-refractivity contribution in [3.63, 3.8) is 0 Å². The van der Waals surface area contributed by atoms with E-state index in [1.54, 1.807) is 0 Å². The van der Waals surface area contributed by atoms with Gasteiger partial charge in [0, 0.05) is 13.0 Å². The summed E-state index contributed by atoms with van der Waals surface area (Å²) in [5, 5.41) is 71.9. The van der Waals surface area contributed by atoms with Gasteiger partial charge in [0.25, 0.3) is 0 Å². The molecule has 0 aromatic heterocycles. The van der Waals surface area contributed by atoms with Crippen molar-refractivity contribution < 1.29 is 69.0 Å². The molecule has 0 aliphatic carbocycles. The van der Waals surface area contributed by atoms with Crippen molar-refractivity contribution in [2.45, 2.75) is 203 Å². The second kappa shape index (κ2) is 39.1. The SMILES string of the molecule is CC/C=C\C/C=C\C/C=C\C/C=C\C/C=C\C/C=C\C/C=C\CCCCCC(=O)OC(COCCCCCCCCC)COC1OC(COC2OC(CO)C(O)C(O)C2O)C(O)C(O)C1O. The van der Waals surface area contributed by atoms with E-state index in [1.807, 2.05) is 0 Å². The highest BCUT2D eigenvalue weighted by atomic mass is 16.7. The first kappa shape index (κ1) is 59.3. The number of unbranched alkanes of at least 4 members (excludes halogenated alkanes) is 9. The van der Waals surface area contributed by atoms with Gasteiger partial charge in [-0.05, 0) is 70.6 Å². The Morgan fingerprint density at radius 3 is 1.53 bits per heavy atom. The van der Waals surface area contributed by atoms with E-state index >= 15 is 0 Å². The summed E-state index contributed by atoms with van der Waals surface area (Å²) in [6.07, 6.45) is 32.4. The van der Waals surface area contributed by atoms with E-state index in [0.29, 0.717) is 13.0 Å². The van der Waals surface area contributed by atoms with Crippen molar-refractivity contribution >= 4 is 5.97 Å². The predicted molar refractivity (Wildman–Crippen MR) is 256 cm³/mol. The molecule has 7 N–H and O–H groups in total. The Hall–Kier alpha value is -2.83. The summed E-state index contributed by atoms with van der Waals surface area (Å²) in [5.41, 5.74) is 0. The molecule has 14 nitrogen and oxygen atoms in total. The number of esters is 1. The van der Waals surface area contributed by atoms with Gasteiger partial charge in [-0.25, -0.2) is 0 Å². The summed E-state index contributed by atoms with van der Waals surface area (Å²) < 4.78 is 34.0. The molecule has 11 atom stereocenters. The van der Waals surface area contributed by atoms with Crippen LogP contribution in [0.2, 0.25) is 0 Å². The minimum absolute atomic E-state index is 0.0424. The Balaban J connectivity index is 1.72. The monoisotopic (exact) mass is 935 g/mol. The van der Waals surface area contributed by atoms with E-state index in [0.717, 1.165) is 83.5 Å². The zero-order valence-corrected chi connectivity index (χ0v) is 39.9. The summed E-state index contributed by atoms with van der Waals surface area (Å²) in [4.78, 5) is 12.9. The molecule has 0 aromatic carbocycles. The zero-order chi connectivity index (χ0) is 48.0. The number of aliphatic hydroxyl groups excluding tert-OH is 7. The van der Waals surface area contributed by atoms with E-state index in [2.05, 4.69) is 98.9 Å². The first-order chi connectivity index (χ1) is 32.1. The minimum Gasteiger partial charge on any atom is -0.457 e. The molecule has 0 spiro atoms. The Morgan fingerprint density at radius 2 is 0.985 bits per heavy atom. The highest BCUT2D eigenvalue weighted by molar-refractivity contribution is 5.69. The van der Waals surface area contributed by atoms with Crippen LogP contribution in [-0.2, 0) is 33.2 Å². The quantitative estimate of drug-likeness (QED) is 0.0192. The van der Waals surface area contributed by atoms with Crippen LogP contribution >= 0.6 is 0 Å². The Labute approximate surface area is 395 Å². The van der Waals surface area contributed by atoms with Crippen molar-refractivity contribution in [2.75, 3.05) is 33.0 Å². The van der Waals surface area contributed by atoms with Crippen LogP contribution in [0.1, 0.15) is 136 Å². The average Bonchev–Trinajstić information content (AvgIpc) is 3.31. The van der Waals surface area contributed by atoms with Crippen LogP contribution < -0.4 is 0 Å². The molecule has 2 saturated heterocycles. The summed E-state index contributed by atoms with van der Waals surface area (Å²) in [7, 11) is 0. The number of carbonyl (C=O) groups is 1. The number of aliphatic hydroxyl groups is 7. The second-order valence-corrected chi connectivity index (χ2v) is 16.9. The molecule has 378 valence electrons. The molecule has 0 amide bonds. The summed E-state index contributed by atoms with van der Waals surface area (Å²) >= 11 is 0. The fourth-order valence-corrected chi connectivity index (χ4v) is 7.14. The van der Waals surface area contributed by atoms with Crippen LogP contribution in [0.15, 0.2) is 85.1 Å². The first-order valence-corrected chi connectivity index (χ1v) is 24.7. The molecule has 2 rings (SSSR count). The lowest BCUT2D eigenvalue weighted by atomic mass is 9.98. The largest absolute Gasteiger partial charge is 0.457 e. The van der Waals surface area contributed by atoms with E-state index in [1.165, 1.54) is 25.7 Å². The lowest BCUT2D eigenvalue weighted by Crippen LogP contribution is -2.61. The highest BCUT2D eigenvalue weighted by Gasteiger charge is 2.47. The van der Waals surface area contributed by atoms with Crippen LogP contribution in [0, 0.1) is 0 Å². The second-order valence-electron chi connectivity index (χ2n) is 16.9. The third kappa shape index (κ3) is 26.6. The Morgan fingerprint density at radius 1 is 0.515 bits per heavy atom. The Bertz CT molecular complexity index is 1410. The van der Waals surface area contributed by atoms with Crippen molar-refractivity contribution in [3.05, 3.63) is 85.1 Å². The fraction of sp³-hybridized carbons (Fsp3) is 0.712. The van der Waals surface area contributed by atoms with Crippen LogP contribution in [-0.4, -0.2) is 142 Å². The highest BCUT2D eigenvalue weighted by Crippen LogP contribution is 2.26. The zero-order valence-electron chi connectivity index (χ0n) is 39.9. The smallest absolute Gasteiger partial charge is 0.306 e. The molecule has 2 fully saturated rings. The maximum absolute atomic E-state index is 12.9. The van der Waals surface area contributed by atoms with E-state index in [9.17, 15) is 40.5 Å². The molecular formula is C52H86O14. The molecule has 0 bridgehead atoms. The van der Waals surface area contributed by atoms with Gasteiger partial charge in [-0.15, -0.1) is 0 Å². The molecular weight excluding hydrogens is 849 g/mol. The van der Waals surface area contributed by atoms with Crippen molar-refractivity contribution in [1.29, 1.82) is 0 Å². The first-order valence-electron chi connectivity index (χ1n) is 24.7. The molecule has 11 unspecified atom stereocenters. The standard InChI is InChI=1S/C52H86O14/c1-3-5-7-9-11-12-13-14-15-16-17-18-19-20-21-22-23-24-25-26-27-28-29-31-33-35-44(54)64-41(38-61-36-34-32-30-10-8-6-4-2)39-62-51-50(60)48(58)46(56)43(66-51)40-63-52-49(59)47(57)45(55)42(37-53)65-52/h5,7,11-12,14-15,17-18,20-21,23-24,26-27,41-43,45-53,55-60H,3-4,6,8-10,13,16,19,22,25,28-40H2,1-2H3/b7-5-,12-11-,15-14-,18-17-,21-20-,24-23-,27-26-. The summed E-state index contributed by atoms with van der Waals surface area (Å²) in [6.45, 7) is 3.45. The van der Waals surface area contributed by atoms with Gasteiger partial charge in [0.1, 0.15) is 54.9 Å². The summed E-state index contributed by atoms with van der Waals surface area (Å²) in [5.74, 6) is -0.414. The molecule has 66 heavy (non-hydrogen) atoms. The van der Waals surface area contributed by atoms with Gasteiger partial charge >= 0.3 is 5.97 Å². The van der Waals surface area contributed by atoms with Gasteiger partial charge in [-0.2, -0.15) is 0 Å². The third-order valence-corrected chi connectivity index (χ3v) is 11.2. The molecule has 2 aliphatic rings. The van der Waals surface area contributed by atoms with E-state index in [4.69, 9.17) is 28.4 Å². The van der Waals surface area contributed by atoms with Crippen molar-refractivity contribution in [3.8, 4) is 0 Å². The average molecular weight is 935 g/mol. The number of rotatable bonds is 37. The van der Waals surface area contributed by atoms with Gasteiger partial charge in [0.05, 0.1) is 26.4 Å². The number of carbonyl (C=O) groups excluding carboxylic acids is 1. The van der Waals surface area contributed by atoms with E-state index < -0.39 is 86.7 Å². The number of ether oxygens (including phenoxy) is 6. The van der Waals surface area contributed by atoms with Crippen LogP contribution in [0.3, 0.4) is 0 Å². The fourth-order valence-electron chi connectivity index (χ4n) is 7.14. The molecule has 2 aliphatic heterocycles. The molecule has 0 aromatic rings. The lowest BCUT2D eigenvalue weighted by molar-refractivity contribution is -0.332. The van der Waals surface area contributed by atoms with Crippen molar-refractivity contribution in [1.82, 2.24) is 0 Å². The predicted octanol–water partition coefficient (Wildman–Crippen LogP) is 6.90. The topological polar surface area (TPSA) is 214 Å². The molecule has 0 radical (unpaired) electrons. The third-order valence-electron chi connectivity index (χ3n) is 11.2. The molecule has 2 heterocycles. The van der Waals surface area contributed by atoms with E-state index in [-0.39, 0.29) is 19.6 Å². The number of hydrogen-bond donors (Lipinski definition) is 7. The van der Waals surface area contributed by atoms with Gasteiger partial charge in [0.15, 0.2) is 12.6 Å². The van der Waals surface area contributed by atoms with Gasteiger partial charge in [0.2, 0.25) is 0 Å². The summed E-state index contributed by atoms with van der Waals surface area (Å²) in [6, 6.07) is 0. The van der Waals surface area contributed by atoms with Crippen LogP contribution in [0.5, 0.6) is 0 Å². The minimum atomic E-state index is -1.71. The van der Waals surface area contributed by atoms with Gasteiger partial charge in [-0.1, -0.05) is 144 Å². The van der Waals surface area contributed by atoms with Crippen LogP contribution in [0.25, 0.3) is 0 Å². The molecule has 14 heteroatoms. The molecule has 0 saturated carbocycles. The van der Waals surface area contributed by atoms with Gasteiger partial charge in [-0.3, -0.25) is 4.79 Å². The normalized spacial score (nSPS) is 27.0.